The average Bonchev–Trinajstić information content (AvgIpc) is 2.71. The molecule has 0 aromatic heterocycles. The van der Waals surface area contributed by atoms with Crippen LogP contribution in [0, 0.1) is 0 Å². The second kappa shape index (κ2) is 18.9. The first-order valence-electron chi connectivity index (χ1n) is 9.03. The van der Waals surface area contributed by atoms with Crippen LogP contribution in [0.15, 0.2) is 69.7 Å². The molecule has 0 aliphatic heterocycles. The maximum atomic E-state index is 12.9. The van der Waals surface area contributed by atoms with Gasteiger partial charge in [-0.05, 0) is 59.3 Å². The van der Waals surface area contributed by atoms with Crippen LogP contribution in [0.2, 0.25) is 0 Å². The molecule has 0 N–H and O–H groups in total. The standard InChI is InChI=1S/C11H11ClF2.C9H11Br.C2ClF3.Mg.2H/c1-2-3-8-4-6-9(7-5-8)10(13)11(12)14;1-2-3-8-4-6-9(10)7-5-8;3-1(4)2(5)6;;;/h4-7H,2-3H2,1H3;4-7H,2-3H2,1H3;;;;/q;;;+2;2*-1/b11-10+;;;;;. The van der Waals surface area contributed by atoms with Gasteiger partial charge in [-0.3, -0.25) is 0 Å². The van der Waals surface area contributed by atoms with Crippen molar-refractivity contribution >= 4 is 68.0 Å². The SMILES string of the molecule is CCCc1ccc(/C(F)=C(\F)Cl)cc1.CCCc1ccc(Br)cc1.FC(F)=C(F)Cl.[H-].[H-].[Mg+2]. The molecule has 0 saturated carbocycles. The number of halogens is 8. The van der Waals surface area contributed by atoms with E-state index in [0.717, 1.165) is 22.9 Å². The van der Waals surface area contributed by atoms with Crippen LogP contribution in [0.25, 0.3) is 5.83 Å². The van der Waals surface area contributed by atoms with Crippen LogP contribution in [-0.2, 0) is 12.8 Å². The van der Waals surface area contributed by atoms with E-state index in [1.807, 2.05) is 0 Å². The summed E-state index contributed by atoms with van der Waals surface area (Å²) < 4.78 is 58.2. The molecule has 0 unspecified atom stereocenters. The Balaban J connectivity index is -0.000000197. The first-order chi connectivity index (χ1) is 14.1. The molecule has 31 heavy (non-hydrogen) atoms. The molecule has 0 fully saturated rings. The third-order valence-electron chi connectivity index (χ3n) is 3.51. The predicted molar refractivity (Wildman–Crippen MR) is 128 cm³/mol. The molecule has 0 nitrogen and oxygen atoms in total. The van der Waals surface area contributed by atoms with E-state index in [4.69, 9.17) is 11.6 Å². The molecule has 2 aromatic rings. The van der Waals surface area contributed by atoms with Gasteiger partial charge in [0, 0.05) is 10.0 Å². The summed E-state index contributed by atoms with van der Waals surface area (Å²) in [6.45, 7) is 4.26. The molecule has 0 atom stereocenters. The zero-order valence-corrected chi connectivity index (χ0v) is 21.7. The Bertz CT molecular complexity index is 799. The Morgan fingerprint density at radius 3 is 1.39 bits per heavy atom. The molecule has 0 amide bonds. The molecule has 2 rings (SSSR count). The minimum absolute atomic E-state index is 0. The molecule has 0 radical (unpaired) electrons. The van der Waals surface area contributed by atoms with Gasteiger partial charge in [-0.15, -0.1) is 0 Å². The van der Waals surface area contributed by atoms with Crippen LogP contribution in [0.3, 0.4) is 0 Å². The van der Waals surface area contributed by atoms with Crippen LogP contribution < -0.4 is 0 Å². The van der Waals surface area contributed by atoms with Crippen LogP contribution in [-0.4, -0.2) is 23.1 Å². The van der Waals surface area contributed by atoms with E-state index in [1.165, 1.54) is 30.5 Å². The van der Waals surface area contributed by atoms with Gasteiger partial charge >= 0.3 is 29.1 Å². The first kappa shape index (κ1) is 32.6. The van der Waals surface area contributed by atoms with Crippen molar-refractivity contribution in [3.05, 3.63) is 86.3 Å². The summed E-state index contributed by atoms with van der Waals surface area (Å²) in [4.78, 5) is 0. The van der Waals surface area contributed by atoms with Gasteiger partial charge in [-0.2, -0.15) is 17.6 Å². The number of aryl methyl sites for hydroxylation is 2. The largest absolute Gasteiger partial charge is 2.00 e. The minimum atomic E-state index is -2.48. The van der Waals surface area contributed by atoms with E-state index in [9.17, 15) is 22.0 Å². The maximum absolute atomic E-state index is 12.9. The second-order valence-electron chi connectivity index (χ2n) is 5.92. The van der Waals surface area contributed by atoms with E-state index in [1.54, 1.807) is 12.1 Å². The molecule has 9 heteroatoms. The molecule has 0 spiro atoms. The molecule has 0 heterocycles. The van der Waals surface area contributed by atoms with E-state index >= 15 is 0 Å². The van der Waals surface area contributed by atoms with Gasteiger partial charge in [0.25, 0.3) is 5.29 Å². The minimum Gasteiger partial charge on any atom is -1.00 e. The number of hydrogen-bond acceptors (Lipinski definition) is 0. The van der Waals surface area contributed by atoms with Gasteiger partial charge in [0.2, 0.25) is 5.29 Å². The van der Waals surface area contributed by atoms with Crippen molar-refractivity contribution in [2.45, 2.75) is 39.5 Å². The number of rotatable bonds is 5. The Kier molecular flexibility index (Phi) is 19.9. The van der Waals surface area contributed by atoms with E-state index in [-0.39, 0.29) is 31.5 Å². The third-order valence-corrected chi connectivity index (χ3v) is 4.34. The fourth-order valence-corrected chi connectivity index (χ4v) is 2.53. The molecule has 0 aliphatic rings. The Morgan fingerprint density at radius 1 is 0.742 bits per heavy atom. The Morgan fingerprint density at radius 2 is 1.10 bits per heavy atom. The number of benzene rings is 2. The molecule has 170 valence electrons. The molecule has 0 aliphatic carbocycles. The second-order valence-corrected chi connectivity index (χ2v) is 7.50. The van der Waals surface area contributed by atoms with Crippen LogP contribution in [0.5, 0.6) is 0 Å². The fraction of sp³-hybridized carbons (Fsp3) is 0.273. The summed E-state index contributed by atoms with van der Waals surface area (Å²) in [5, 5.41) is -3.23. The normalized spacial score (nSPS) is 10.4. The van der Waals surface area contributed by atoms with Crippen molar-refractivity contribution in [1.29, 1.82) is 0 Å². The van der Waals surface area contributed by atoms with Crippen molar-refractivity contribution in [3.8, 4) is 0 Å². The van der Waals surface area contributed by atoms with Gasteiger partial charge in [-0.25, -0.2) is 4.39 Å². The average molecular weight is 559 g/mol. The maximum Gasteiger partial charge on any atom is 2.00 e. The third kappa shape index (κ3) is 15.8. The summed E-state index contributed by atoms with van der Waals surface area (Å²) in [5.41, 5.74) is 2.71. The van der Waals surface area contributed by atoms with Crippen molar-refractivity contribution in [3.63, 3.8) is 0 Å². The van der Waals surface area contributed by atoms with Gasteiger partial charge in [0.05, 0.1) is 0 Å². The van der Waals surface area contributed by atoms with E-state index < -0.39 is 22.5 Å². The smallest absolute Gasteiger partial charge is 1.00 e. The topological polar surface area (TPSA) is 0 Å². The van der Waals surface area contributed by atoms with E-state index in [2.05, 4.69) is 65.6 Å². The monoisotopic (exact) mass is 556 g/mol. The summed E-state index contributed by atoms with van der Waals surface area (Å²) in [7, 11) is 0. The molecular weight excluding hydrogens is 534 g/mol. The van der Waals surface area contributed by atoms with Crippen LogP contribution >= 0.6 is 39.1 Å². The van der Waals surface area contributed by atoms with Crippen molar-refractivity contribution < 1.29 is 24.8 Å². The van der Waals surface area contributed by atoms with Crippen molar-refractivity contribution in [2.75, 3.05) is 0 Å². The quantitative estimate of drug-likeness (QED) is 0.253. The molecule has 0 bridgehead atoms. The van der Waals surface area contributed by atoms with Gasteiger partial charge in [0.1, 0.15) is 0 Å². The number of hydrogen-bond donors (Lipinski definition) is 0. The van der Waals surface area contributed by atoms with Crippen molar-refractivity contribution in [1.82, 2.24) is 0 Å². The summed E-state index contributed by atoms with van der Waals surface area (Å²) in [6.07, 6.45) is 1.91. The fourth-order valence-electron chi connectivity index (χ4n) is 2.16. The summed E-state index contributed by atoms with van der Waals surface area (Å²) in [6, 6.07) is 15.1. The summed E-state index contributed by atoms with van der Waals surface area (Å²) in [5.74, 6) is -1.00. The van der Waals surface area contributed by atoms with Crippen LogP contribution in [0.4, 0.5) is 22.0 Å². The zero-order chi connectivity index (χ0) is 23.1. The molecule has 0 saturated heterocycles. The summed E-state index contributed by atoms with van der Waals surface area (Å²) >= 11 is 12.4. The molecule has 2 aromatic carbocycles. The van der Waals surface area contributed by atoms with Gasteiger partial charge < -0.3 is 2.85 Å². The van der Waals surface area contributed by atoms with Crippen LogP contribution in [0.1, 0.15) is 46.2 Å². The Labute approximate surface area is 217 Å². The van der Waals surface area contributed by atoms with Gasteiger partial charge in [0.15, 0.2) is 5.83 Å². The Hall–Kier alpha value is -0.604. The zero-order valence-electron chi connectivity index (χ0n) is 19.2. The molecular formula is C22H24BrCl2F5Mg. The predicted octanol–water partition coefficient (Wildman–Crippen LogP) is 9.95. The van der Waals surface area contributed by atoms with E-state index in [0.29, 0.717) is 0 Å². The van der Waals surface area contributed by atoms with Gasteiger partial charge in [-0.1, -0.05) is 79.0 Å². The van der Waals surface area contributed by atoms with Crippen molar-refractivity contribution in [2.24, 2.45) is 0 Å². The first-order valence-corrected chi connectivity index (χ1v) is 10.6.